The van der Waals surface area contributed by atoms with Gasteiger partial charge in [-0.05, 0) is 50.2 Å². The molecule has 0 unspecified atom stereocenters. The number of carbonyl (C=O) groups is 1. The molecule has 1 aliphatic rings. The maximum atomic E-state index is 12.2. The Balaban J connectivity index is 1.97. The topological polar surface area (TPSA) is 42.0 Å². The van der Waals surface area contributed by atoms with Gasteiger partial charge in [0, 0.05) is 23.2 Å². The highest BCUT2D eigenvalue weighted by atomic mass is 16.1. The molecule has 1 heterocycles. The Hall–Kier alpha value is -2.16. The fourth-order valence-electron chi connectivity index (χ4n) is 3.21. The van der Waals surface area contributed by atoms with Crippen LogP contribution in [-0.2, 0) is 0 Å². The van der Waals surface area contributed by atoms with E-state index in [1.54, 1.807) is 6.20 Å². The molecule has 0 bridgehead atoms. The predicted molar refractivity (Wildman–Crippen MR) is 100.0 cm³/mol. The Kier molecular flexibility index (Phi) is 4.44. The van der Waals surface area contributed by atoms with Gasteiger partial charge in [-0.15, -0.1) is 0 Å². The van der Waals surface area contributed by atoms with Crippen molar-refractivity contribution in [3.63, 3.8) is 0 Å². The van der Waals surface area contributed by atoms with Gasteiger partial charge in [0.15, 0.2) is 0 Å². The number of hydrogen-bond acceptors (Lipinski definition) is 2. The molecule has 3 rings (SSSR count). The molecule has 1 aromatic carbocycles. The molecule has 24 heavy (non-hydrogen) atoms. The summed E-state index contributed by atoms with van der Waals surface area (Å²) in [6.45, 7) is 8.56. The van der Waals surface area contributed by atoms with Crippen LogP contribution in [0.3, 0.4) is 0 Å². The first-order chi connectivity index (χ1) is 11.4. The summed E-state index contributed by atoms with van der Waals surface area (Å²) in [4.78, 5) is 16.8. The third kappa shape index (κ3) is 3.50. The van der Waals surface area contributed by atoms with Gasteiger partial charge < -0.3 is 5.32 Å². The highest BCUT2D eigenvalue weighted by Gasteiger charge is 2.23. The van der Waals surface area contributed by atoms with E-state index in [-0.39, 0.29) is 11.9 Å². The van der Waals surface area contributed by atoms with E-state index in [9.17, 15) is 4.79 Å². The van der Waals surface area contributed by atoms with Gasteiger partial charge in [-0.25, -0.2) is 0 Å². The Morgan fingerprint density at radius 3 is 2.75 bits per heavy atom. The number of pyridine rings is 1. The van der Waals surface area contributed by atoms with Crippen LogP contribution in [0.4, 0.5) is 0 Å². The number of rotatable bonds is 3. The lowest BCUT2D eigenvalue weighted by atomic mass is 9.77. The summed E-state index contributed by atoms with van der Waals surface area (Å²) in [5, 5.41) is 3.94. The van der Waals surface area contributed by atoms with Gasteiger partial charge in [-0.2, -0.15) is 0 Å². The average Bonchev–Trinajstić information content (AvgIpc) is 2.53. The van der Waals surface area contributed by atoms with Gasteiger partial charge in [0.1, 0.15) is 0 Å². The van der Waals surface area contributed by atoms with Crippen molar-refractivity contribution in [2.75, 3.05) is 0 Å². The van der Waals surface area contributed by atoms with Crippen LogP contribution in [0.2, 0.25) is 0 Å². The van der Waals surface area contributed by atoms with Gasteiger partial charge >= 0.3 is 0 Å². The fourth-order valence-corrected chi connectivity index (χ4v) is 3.21. The number of allylic oxidation sites excluding steroid dienone is 2. The van der Waals surface area contributed by atoms with E-state index in [2.05, 4.69) is 42.4 Å². The average molecular weight is 322 g/mol. The molecule has 1 aliphatic carbocycles. The molecule has 0 fully saturated rings. The summed E-state index contributed by atoms with van der Waals surface area (Å²) >= 11 is 0. The summed E-state index contributed by atoms with van der Waals surface area (Å²) in [6.07, 6.45) is 7.44. The van der Waals surface area contributed by atoms with E-state index in [0.717, 1.165) is 23.7 Å². The summed E-state index contributed by atoms with van der Waals surface area (Å²) in [6, 6.07) is 8.30. The molecule has 126 valence electrons. The largest absolute Gasteiger partial charge is 0.350 e. The highest BCUT2D eigenvalue weighted by molar-refractivity contribution is 5.99. The Labute approximate surface area is 144 Å². The smallest absolute Gasteiger partial charge is 0.253 e. The Morgan fingerprint density at radius 2 is 2.08 bits per heavy atom. The van der Waals surface area contributed by atoms with E-state index in [0.29, 0.717) is 11.0 Å². The zero-order valence-electron chi connectivity index (χ0n) is 15.0. The van der Waals surface area contributed by atoms with Gasteiger partial charge in [0.05, 0.1) is 11.1 Å². The van der Waals surface area contributed by atoms with Crippen LogP contribution in [0.15, 0.2) is 36.5 Å². The first-order valence-electron chi connectivity index (χ1n) is 8.75. The number of para-hydroxylation sites is 1. The van der Waals surface area contributed by atoms with Crippen LogP contribution in [0.25, 0.3) is 16.5 Å². The number of fused-ring (bicyclic) bond motifs is 1. The van der Waals surface area contributed by atoms with E-state index < -0.39 is 0 Å². The van der Waals surface area contributed by atoms with Crippen molar-refractivity contribution >= 4 is 22.4 Å². The normalized spacial score (nSPS) is 17.0. The number of hydrogen-bond donors (Lipinski definition) is 1. The van der Waals surface area contributed by atoms with E-state index in [1.807, 2.05) is 26.0 Å². The quantitative estimate of drug-likeness (QED) is 0.867. The number of amides is 1. The maximum absolute atomic E-state index is 12.2. The predicted octanol–water partition coefficient (Wildman–Crippen LogP) is 4.97. The summed E-state index contributed by atoms with van der Waals surface area (Å²) < 4.78 is 0. The summed E-state index contributed by atoms with van der Waals surface area (Å²) in [5.74, 6) is -0.0663. The minimum atomic E-state index is -0.0663. The van der Waals surface area contributed by atoms with Crippen LogP contribution in [-0.4, -0.2) is 16.9 Å². The molecule has 0 radical (unpaired) electrons. The van der Waals surface area contributed by atoms with E-state index in [4.69, 9.17) is 0 Å². The van der Waals surface area contributed by atoms with Crippen LogP contribution in [0.1, 0.15) is 62.9 Å². The zero-order chi connectivity index (χ0) is 17.3. The Bertz CT molecular complexity index is 803. The number of nitrogens with zero attached hydrogens (tertiary/aromatic N) is 1. The third-order valence-electron chi connectivity index (χ3n) is 4.71. The van der Waals surface area contributed by atoms with Crippen LogP contribution >= 0.6 is 0 Å². The Morgan fingerprint density at radius 1 is 1.29 bits per heavy atom. The fraction of sp³-hybridized carbons (Fsp3) is 0.429. The van der Waals surface area contributed by atoms with Crippen molar-refractivity contribution in [3.8, 4) is 0 Å². The minimum absolute atomic E-state index is 0.0663. The van der Waals surface area contributed by atoms with Crippen LogP contribution in [0, 0.1) is 5.41 Å². The molecule has 1 aromatic heterocycles. The van der Waals surface area contributed by atoms with Crippen LogP contribution < -0.4 is 5.32 Å². The van der Waals surface area contributed by atoms with Crippen molar-refractivity contribution in [1.29, 1.82) is 0 Å². The summed E-state index contributed by atoms with van der Waals surface area (Å²) in [7, 11) is 0. The lowest BCUT2D eigenvalue weighted by Gasteiger charge is -2.29. The molecule has 0 spiro atoms. The van der Waals surface area contributed by atoms with E-state index >= 15 is 0 Å². The molecule has 0 aliphatic heterocycles. The number of nitrogens with one attached hydrogen (secondary N) is 1. The second-order valence-electron chi connectivity index (χ2n) is 7.83. The second kappa shape index (κ2) is 6.39. The molecule has 1 N–H and O–H groups in total. The van der Waals surface area contributed by atoms with Gasteiger partial charge in [-0.3, -0.25) is 9.78 Å². The number of carbonyl (C=O) groups excluding carboxylic acids is 1. The SMILES string of the molecule is CC(C)NC(=O)c1cnc2c(C3=CCC(C)(C)CC3)cccc2c1. The lowest BCUT2D eigenvalue weighted by molar-refractivity contribution is 0.0943. The monoisotopic (exact) mass is 322 g/mol. The van der Waals surface area contributed by atoms with Crippen molar-refractivity contribution in [1.82, 2.24) is 10.3 Å². The summed E-state index contributed by atoms with van der Waals surface area (Å²) in [5.41, 5.74) is 4.59. The standard InChI is InChI=1S/C21H26N2O/c1-14(2)23-20(24)17-12-16-6-5-7-18(19(16)22-13-17)15-8-10-21(3,4)11-9-15/h5-8,12-14H,9-11H2,1-4H3,(H,23,24). The van der Waals surface area contributed by atoms with Crippen molar-refractivity contribution in [3.05, 3.63) is 47.7 Å². The zero-order valence-corrected chi connectivity index (χ0v) is 15.0. The maximum Gasteiger partial charge on any atom is 0.253 e. The second-order valence-corrected chi connectivity index (χ2v) is 7.83. The van der Waals surface area contributed by atoms with E-state index in [1.165, 1.54) is 17.6 Å². The van der Waals surface area contributed by atoms with Gasteiger partial charge in [0.25, 0.3) is 5.91 Å². The first kappa shape index (κ1) is 16.7. The first-order valence-corrected chi connectivity index (χ1v) is 8.75. The molecule has 2 aromatic rings. The molecule has 0 saturated carbocycles. The molecule has 3 nitrogen and oxygen atoms in total. The number of aromatic nitrogens is 1. The van der Waals surface area contributed by atoms with Crippen LogP contribution in [0.5, 0.6) is 0 Å². The van der Waals surface area contributed by atoms with Gasteiger partial charge in [0.2, 0.25) is 0 Å². The molecule has 0 saturated heterocycles. The van der Waals surface area contributed by atoms with Crippen molar-refractivity contribution in [2.24, 2.45) is 5.41 Å². The molecular weight excluding hydrogens is 296 g/mol. The van der Waals surface area contributed by atoms with Gasteiger partial charge in [-0.1, -0.05) is 38.1 Å². The molecule has 1 amide bonds. The molecule has 0 atom stereocenters. The third-order valence-corrected chi connectivity index (χ3v) is 4.71. The van der Waals surface area contributed by atoms with Crippen molar-refractivity contribution in [2.45, 2.75) is 53.0 Å². The molecule has 3 heteroatoms. The lowest BCUT2D eigenvalue weighted by Crippen LogP contribution is -2.30. The number of benzene rings is 1. The highest BCUT2D eigenvalue weighted by Crippen LogP contribution is 2.39. The molecular formula is C21H26N2O. The van der Waals surface area contributed by atoms with Crippen molar-refractivity contribution < 1.29 is 4.79 Å². The minimum Gasteiger partial charge on any atom is -0.350 e.